The average molecular weight is 304 g/mol. The molecule has 2 N–H and O–H groups in total. The lowest BCUT2D eigenvalue weighted by molar-refractivity contribution is 0.0945. The molecule has 0 aliphatic heterocycles. The van der Waals surface area contributed by atoms with Crippen molar-refractivity contribution in [3.63, 3.8) is 0 Å². The number of aliphatic hydroxyl groups is 1. The van der Waals surface area contributed by atoms with E-state index >= 15 is 0 Å². The van der Waals surface area contributed by atoms with Crippen molar-refractivity contribution in [3.8, 4) is 10.6 Å². The topological polar surface area (TPSA) is 62.2 Å². The first kappa shape index (κ1) is 15.7. The number of hydrogen-bond donors (Lipinski definition) is 2. The summed E-state index contributed by atoms with van der Waals surface area (Å²) in [6.07, 6.45) is 0.923. The molecule has 0 fully saturated rings. The zero-order valence-corrected chi connectivity index (χ0v) is 13.1. The minimum Gasteiger partial charge on any atom is -0.393 e. The van der Waals surface area contributed by atoms with Gasteiger partial charge in [0.1, 0.15) is 9.88 Å². The van der Waals surface area contributed by atoms with E-state index in [0.717, 1.165) is 16.3 Å². The van der Waals surface area contributed by atoms with Gasteiger partial charge in [-0.05, 0) is 19.8 Å². The van der Waals surface area contributed by atoms with E-state index in [4.69, 9.17) is 0 Å². The Balaban J connectivity index is 2.04. The number of aryl methyl sites for hydroxylation is 1. The largest absolute Gasteiger partial charge is 0.393 e. The molecule has 1 heterocycles. The normalized spacial score (nSPS) is 12.1. The Kier molecular flexibility index (Phi) is 5.47. The summed E-state index contributed by atoms with van der Waals surface area (Å²) in [6.45, 7) is 4.25. The number of aliphatic hydroxyl groups excluding tert-OH is 1. The molecule has 1 aromatic heterocycles. The predicted octanol–water partition coefficient (Wildman–Crippen LogP) is 3.01. The number of benzene rings is 1. The molecule has 1 unspecified atom stereocenters. The molecule has 2 rings (SSSR count). The van der Waals surface area contributed by atoms with E-state index in [0.29, 0.717) is 24.3 Å². The van der Waals surface area contributed by atoms with Crippen molar-refractivity contribution in [3.05, 3.63) is 40.9 Å². The molecule has 1 aromatic carbocycles. The average Bonchev–Trinajstić information content (AvgIpc) is 2.90. The highest BCUT2D eigenvalue weighted by molar-refractivity contribution is 7.17. The van der Waals surface area contributed by atoms with Crippen LogP contribution in [0.15, 0.2) is 30.3 Å². The zero-order valence-electron chi connectivity index (χ0n) is 12.3. The summed E-state index contributed by atoms with van der Waals surface area (Å²) >= 11 is 1.40. The SMILES string of the molecule is CCC(O)CCNC(=O)c1sc(-c2ccccc2)nc1C. The number of rotatable bonds is 6. The number of hydrogen-bond acceptors (Lipinski definition) is 4. The highest BCUT2D eigenvalue weighted by atomic mass is 32.1. The molecule has 0 aliphatic rings. The van der Waals surface area contributed by atoms with Crippen LogP contribution in [0.3, 0.4) is 0 Å². The molecule has 0 radical (unpaired) electrons. The van der Waals surface area contributed by atoms with Crippen molar-refractivity contribution in [1.82, 2.24) is 10.3 Å². The number of thiazole rings is 1. The summed E-state index contributed by atoms with van der Waals surface area (Å²) in [5, 5.41) is 13.2. The van der Waals surface area contributed by atoms with Crippen LogP contribution in [0.4, 0.5) is 0 Å². The van der Waals surface area contributed by atoms with Crippen molar-refractivity contribution in [2.75, 3.05) is 6.54 Å². The van der Waals surface area contributed by atoms with Gasteiger partial charge >= 0.3 is 0 Å². The van der Waals surface area contributed by atoms with E-state index < -0.39 is 0 Å². The molecule has 5 heteroatoms. The molecule has 1 amide bonds. The fourth-order valence-electron chi connectivity index (χ4n) is 1.95. The lowest BCUT2D eigenvalue weighted by atomic mass is 10.2. The van der Waals surface area contributed by atoms with Crippen LogP contribution in [0.5, 0.6) is 0 Å². The molecule has 1 atom stereocenters. The van der Waals surface area contributed by atoms with Gasteiger partial charge in [0.25, 0.3) is 5.91 Å². The van der Waals surface area contributed by atoms with Crippen molar-refractivity contribution < 1.29 is 9.90 Å². The fourth-order valence-corrected chi connectivity index (χ4v) is 2.94. The van der Waals surface area contributed by atoms with Crippen LogP contribution in [0.25, 0.3) is 10.6 Å². The van der Waals surface area contributed by atoms with Gasteiger partial charge < -0.3 is 10.4 Å². The van der Waals surface area contributed by atoms with Gasteiger partial charge in [-0.15, -0.1) is 11.3 Å². The maximum atomic E-state index is 12.2. The van der Waals surface area contributed by atoms with E-state index in [1.807, 2.05) is 44.2 Å². The second-order valence-corrected chi connectivity index (χ2v) is 5.91. The summed E-state index contributed by atoms with van der Waals surface area (Å²) in [5.41, 5.74) is 1.76. The van der Waals surface area contributed by atoms with Crippen LogP contribution >= 0.6 is 11.3 Å². The molecule has 4 nitrogen and oxygen atoms in total. The van der Waals surface area contributed by atoms with Gasteiger partial charge in [0.15, 0.2) is 0 Å². The number of carbonyl (C=O) groups excluding carboxylic acids is 1. The van der Waals surface area contributed by atoms with Crippen molar-refractivity contribution >= 4 is 17.2 Å². The van der Waals surface area contributed by atoms with Crippen LogP contribution in [0, 0.1) is 6.92 Å². The molecular weight excluding hydrogens is 284 g/mol. The van der Waals surface area contributed by atoms with Crippen LogP contribution < -0.4 is 5.32 Å². The summed E-state index contributed by atoms with van der Waals surface area (Å²) in [6, 6.07) is 9.83. The molecular formula is C16H20N2O2S. The highest BCUT2D eigenvalue weighted by Gasteiger charge is 2.16. The Morgan fingerprint density at radius 1 is 1.38 bits per heavy atom. The van der Waals surface area contributed by atoms with Gasteiger partial charge in [-0.25, -0.2) is 4.98 Å². The number of amides is 1. The van der Waals surface area contributed by atoms with Crippen LogP contribution in [-0.2, 0) is 0 Å². The Bertz CT molecular complexity index is 596. The molecule has 0 saturated carbocycles. The second kappa shape index (κ2) is 7.33. The lowest BCUT2D eigenvalue weighted by Crippen LogP contribution is -2.26. The Hall–Kier alpha value is -1.72. The van der Waals surface area contributed by atoms with Crippen LogP contribution in [-0.4, -0.2) is 28.6 Å². The number of nitrogens with one attached hydrogen (secondary N) is 1. The lowest BCUT2D eigenvalue weighted by Gasteiger charge is -2.08. The van der Waals surface area contributed by atoms with E-state index in [-0.39, 0.29) is 12.0 Å². The summed E-state index contributed by atoms with van der Waals surface area (Å²) in [4.78, 5) is 17.3. The Morgan fingerprint density at radius 2 is 2.10 bits per heavy atom. The van der Waals surface area contributed by atoms with E-state index in [1.165, 1.54) is 11.3 Å². The Morgan fingerprint density at radius 3 is 2.76 bits per heavy atom. The van der Waals surface area contributed by atoms with Crippen molar-refractivity contribution in [2.24, 2.45) is 0 Å². The molecule has 0 saturated heterocycles. The maximum absolute atomic E-state index is 12.2. The first-order valence-electron chi connectivity index (χ1n) is 7.11. The first-order chi connectivity index (χ1) is 10.1. The second-order valence-electron chi connectivity index (χ2n) is 4.91. The molecule has 2 aromatic rings. The monoisotopic (exact) mass is 304 g/mol. The van der Waals surface area contributed by atoms with Gasteiger partial charge in [-0.2, -0.15) is 0 Å². The molecule has 21 heavy (non-hydrogen) atoms. The van der Waals surface area contributed by atoms with E-state index in [1.54, 1.807) is 0 Å². The highest BCUT2D eigenvalue weighted by Crippen LogP contribution is 2.27. The molecule has 0 aliphatic carbocycles. The smallest absolute Gasteiger partial charge is 0.263 e. The fraction of sp³-hybridized carbons (Fsp3) is 0.375. The van der Waals surface area contributed by atoms with Gasteiger partial charge in [0, 0.05) is 12.1 Å². The summed E-state index contributed by atoms with van der Waals surface area (Å²) < 4.78 is 0. The number of nitrogens with zero attached hydrogens (tertiary/aromatic N) is 1. The number of carbonyl (C=O) groups is 1. The van der Waals surface area contributed by atoms with E-state index in [9.17, 15) is 9.90 Å². The third-order valence-electron chi connectivity index (χ3n) is 3.26. The molecule has 0 spiro atoms. The molecule has 0 bridgehead atoms. The Labute approximate surface area is 128 Å². The maximum Gasteiger partial charge on any atom is 0.263 e. The quantitative estimate of drug-likeness (QED) is 0.862. The minimum absolute atomic E-state index is 0.115. The summed E-state index contributed by atoms with van der Waals surface area (Å²) in [5.74, 6) is -0.115. The van der Waals surface area contributed by atoms with Gasteiger partial charge in [0.2, 0.25) is 0 Å². The van der Waals surface area contributed by atoms with Gasteiger partial charge in [-0.3, -0.25) is 4.79 Å². The first-order valence-corrected chi connectivity index (χ1v) is 7.92. The third-order valence-corrected chi connectivity index (χ3v) is 4.46. The predicted molar refractivity (Wildman–Crippen MR) is 85.5 cm³/mol. The van der Waals surface area contributed by atoms with E-state index in [2.05, 4.69) is 10.3 Å². The standard InChI is InChI=1S/C16H20N2O2S/c1-3-13(19)9-10-17-15(20)14-11(2)18-16(21-14)12-7-5-4-6-8-12/h4-8,13,19H,3,9-10H2,1-2H3,(H,17,20). The third kappa shape index (κ3) is 4.12. The number of aromatic nitrogens is 1. The van der Waals surface area contributed by atoms with Crippen LogP contribution in [0.2, 0.25) is 0 Å². The molecule has 112 valence electrons. The van der Waals surface area contributed by atoms with Crippen molar-refractivity contribution in [1.29, 1.82) is 0 Å². The zero-order chi connectivity index (χ0) is 15.2. The van der Waals surface area contributed by atoms with Crippen LogP contribution in [0.1, 0.15) is 35.1 Å². The van der Waals surface area contributed by atoms with Gasteiger partial charge in [0.05, 0.1) is 11.8 Å². The summed E-state index contributed by atoms with van der Waals surface area (Å²) in [7, 11) is 0. The van der Waals surface area contributed by atoms with Crippen molar-refractivity contribution in [2.45, 2.75) is 32.8 Å². The van der Waals surface area contributed by atoms with Gasteiger partial charge in [-0.1, -0.05) is 37.3 Å². The minimum atomic E-state index is -0.354.